The maximum Gasteiger partial charge on any atom is 0.393 e. The monoisotopic (exact) mass is 399 g/mol. The van der Waals surface area contributed by atoms with Gasteiger partial charge in [0.25, 0.3) is 11.5 Å². The Kier molecular flexibility index (Phi) is 5.41. The van der Waals surface area contributed by atoms with E-state index >= 15 is 0 Å². The molecule has 2 N–H and O–H groups in total. The molecule has 5 nitrogen and oxygen atoms in total. The van der Waals surface area contributed by atoms with Gasteiger partial charge in [0.2, 0.25) is 0 Å². The van der Waals surface area contributed by atoms with Crippen LogP contribution in [0.2, 0.25) is 0 Å². The number of nitrogens with zero attached hydrogens (tertiary/aromatic N) is 1. The molecule has 0 aliphatic heterocycles. The van der Waals surface area contributed by atoms with E-state index in [9.17, 15) is 22.8 Å². The zero-order chi connectivity index (χ0) is 19.8. The van der Waals surface area contributed by atoms with Crippen LogP contribution in [0.3, 0.4) is 0 Å². The lowest BCUT2D eigenvalue weighted by atomic mass is 9.84. The van der Waals surface area contributed by atoms with Gasteiger partial charge < -0.3 is 10.3 Å². The predicted molar refractivity (Wildman–Crippen MR) is 98.3 cm³/mol. The van der Waals surface area contributed by atoms with Gasteiger partial charge in [0.05, 0.1) is 16.8 Å². The van der Waals surface area contributed by atoms with Gasteiger partial charge in [0, 0.05) is 18.2 Å². The average molecular weight is 399 g/mol. The number of hydrogen-bond donors (Lipinski definition) is 2. The summed E-state index contributed by atoms with van der Waals surface area (Å²) in [4.78, 5) is 27.8. The van der Waals surface area contributed by atoms with Gasteiger partial charge in [-0.1, -0.05) is 12.8 Å². The molecule has 1 saturated carbocycles. The van der Waals surface area contributed by atoms with Crippen LogP contribution in [-0.2, 0) is 6.54 Å². The van der Waals surface area contributed by atoms with E-state index in [0.717, 1.165) is 0 Å². The van der Waals surface area contributed by atoms with E-state index < -0.39 is 24.0 Å². The summed E-state index contributed by atoms with van der Waals surface area (Å²) in [5, 5.41) is 2.89. The van der Waals surface area contributed by atoms with Gasteiger partial charge in [-0.05, 0) is 50.2 Å². The first-order valence-corrected chi connectivity index (χ1v) is 9.27. The average Bonchev–Trinajstić information content (AvgIpc) is 2.61. The van der Waals surface area contributed by atoms with Gasteiger partial charge in [0.1, 0.15) is 0 Å². The Labute approximate surface area is 158 Å². The summed E-state index contributed by atoms with van der Waals surface area (Å²) in [6.45, 7) is 2.20. The molecule has 0 unspecified atom stereocenters. The number of amides is 1. The standard InChI is InChI=1S/C18H20F3N3O2S/c1-2-24-16(26)11-8-7-10(9-14(11)23-17(24)27)15(25)22-13-6-4-3-5-12(13)18(19,20)21/h7-9,12-13H,2-6H2,1H3,(H,22,25)(H,23,27)/t12-,13-/m1/s1. The summed E-state index contributed by atoms with van der Waals surface area (Å²) in [7, 11) is 0. The zero-order valence-corrected chi connectivity index (χ0v) is 15.5. The highest BCUT2D eigenvalue weighted by molar-refractivity contribution is 7.71. The topological polar surface area (TPSA) is 66.9 Å². The number of aromatic nitrogens is 2. The van der Waals surface area contributed by atoms with Crippen molar-refractivity contribution in [3.8, 4) is 0 Å². The molecule has 27 heavy (non-hydrogen) atoms. The van der Waals surface area contributed by atoms with Crippen LogP contribution in [0, 0.1) is 10.7 Å². The molecule has 3 rings (SSSR count). The smallest absolute Gasteiger partial charge is 0.349 e. The zero-order valence-electron chi connectivity index (χ0n) is 14.7. The number of rotatable bonds is 3. The quantitative estimate of drug-likeness (QED) is 0.769. The first kappa shape index (κ1) is 19.6. The lowest BCUT2D eigenvalue weighted by Gasteiger charge is -2.33. The van der Waals surface area contributed by atoms with Gasteiger partial charge in [0.15, 0.2) is 4.77 Å². The Morgan fingerprint density at radius 2 is 2.04 bits per heavy atom. The second-order valence-corrected chi connectivity index (χ2v) is 7.14. The number of benzene rings is 1. The predicted octanol–water partition coefficient (Wildman–Crippen LogP) is 3.93. The van der Waals surface area contributed by atoms with Crippen LogP contribution in [0.25, 0.3) is 10.9 Å². The van der Waals surface area contributed by atoms with Crippen molar-refractivity contribution in [2.45, 2.75) is 51.4 Å². The molecule has 1 aliphatic rings. The molecule has 1 aromatic heterocycles. The molecule has 0 saturated heterocycles. The van der Waals surface area contributed by atoms with Crippen LogP contribution >= 0.6 is 12.2 Å². The number of halogens is 3. The van der Waals surface area contributed by atoms with Crippen molar-refractivity contribution in [1.29, 1.82) is 0 Å². The summed E-state index contributed by atoms with van der Waals surface area (Å²) < 4.78 is 41.3. The van der Waals surface area contributed by atoms with Crippen molar-refractivity contribution in [3.05, 3.63) is 38.9 Å². The van der Waals surface area contributed by atoms with Gasteiger partial charge >= 0.3 is 6.18 Å². The highest BCUT2D eigenvalue weighted by atomic mass is 32.1. The highest BCUT2D eigenvalue weighted by Gasteiger charge is 2.46. The normalized spacial score (nSPS) is 20.6. The Morgan fingerprint density at radius 1 is 1.33 bits per heavy atom. The van der Waals surface area contributed by atoms with Crippen LogP contribution in [0.15, 0.2) is 23.0 Å². The van der Waals surface area contributed by atoms with Crippen molar-refractivity contribution in [1.82, 2.24) is 14.9 Å². The molecule has 0 spiro atoms. The molecule has 2 aromatic rings. The SMILES string of the molecule is CCn1c(=S)[nH]c2cc(C(=O)N[C@@H]3CCCC[C@H]3C(F)(F)F)ccc2c1=O. The van der Waals surface area contributed by atoms with Gasteiger partial charge in [-0.3, -0.25) is 14.2 Å². The molecular formula is C18H20F3N3O2S. The second kappa shape index (κ2) is 7.46. The maximum absolute atomic E-state index is 13.2. The lowest BCUT2D eigenvalue weighted by molar-refractivity contribution is -0.187. The van der Waals surface area contributed by atoms with E-state index in [0.29, 0.717) is 36.7 Å². The molecule has 0 radical (unpaired) electrons. The second-order valence-electron chi connectivity index (χ2n) is 6.75. The molecule has 1 aromatic carbocycles. The van der Waals surface area contributed by atoms with E-state index in [2.05, 4.69) is 10.3 Å². The van der Waals surface area contributed by atoms with Crippen LogP contribution in [0.1, 0.15) is 43.0 Å². The number of carbonyl (C=O) groups excluding carboxylic acids is 1. The number of nitrogens with one attached hydrogen (secondary N) is 2. The van der Waals surface area contributed by atoms with Gasteiger partial charge in [-0.15, -0.1) is 0 Å². The molecule has 1 amide bonds. The van der Waals surface area contributed by atoms with Gasteiger partial charge in [-0.25, -0.2) is 0 Å². The van der Waals surface area contributed by atoms with Crippen LogP contribution in [0.4, 0.5) is 13.2 Å². The van der Waals surface area contributed by atoms with E-state index in [1.807, 2.05) is 0 Å². The minimum Gasteiger partial charge on any atom is -0.349 e. The van der Waals surface area contributed by atoms with Crippen LogP contribution in [0.5, 0.6) is 0 Å². The molecule has 1 heterocycles. The summed E-state index contributed by atoms with van der Waals surface area (Å²) >= 11 is 5.14. The molecule has 2 atom stereocenters. The Bertz CT molecular complexity index is 980. The fourth-order valence-corrected chi connectivity index (χ4v) is 3.95. The van der Waals surface area contributed by atoms with Crippen molar-refractivity contribution in [2.75, 3.05) is 0 Å². The number of aromatic amines is 1. The lowest BCUT2D eigenvalue weighted by Crippen LogP contribution is -2.47. The largest absolute Gasteiger partial charge is 0.393 e. The number of alkyl halides is 3. The van der Waals surface area contributed by atoms with E-state index in [4.69, 9.17) is 12.2 Å². The number of fused-ring (bicyclic) bond motifs is 1. The van der Waals surface area contributed by atoms with E-state index in [1.54, 1.807) is 6.92 Å². The third-order valence-electron chi connectivity index (χ3n) is 5.06. The number of H-pyrrole nitrogens is 1. The molecule has 1 fully saturated rings. The summed E-state index contributed by atoms with van der Waals surface area (Å²) in [5.74, 6) is -2.12. The third-order valence-corrected chi connectivity index (χ3v) is 5.39. The summed E-state index contributed by atoms with van der Waals surface area (Å²) in [6.07, 6.45) is -2.85. The Balaban J connectivity index is 1.90. The van der Waals surface area contributed by atoms with Crippen LogP contribution in [-0.4, -0.2) is 27.7 Å². The van der Waals surface area contributed by atoms with Crippen molar-refractivity contribution >= 4 is 29.0 Å². The molecule has 9 heteroatoms. The summed E-state index contributed by atoms with van der Waals surface area (Å²) in [5.41, 5.74) is 0.305. The van der Waals surface area contributed by atoms with Gasteiger partial charge in [-0.2, -0.15) is 13.2 Å². The highest BCUT2D eigenvalue weighted by Crippen LogP contribution is 2.37. The summed E-state index contributed by atoms with van der Waals surface area (Å²) in [6, 6.07) is 3.45. The van der Waals surface area contributed by atoms with E-state index in [-0.39, 0.29) is 22.3 Å². The van der Waals surface area contributed by atoms with Crippen molar-refractivity contribution in [2.24, 2.45) is 5.92 Å². The molecule has 1 aliphatic carbocycles. The van der Waals surface area contributed by atoms with Crippen molar-refractivity contribution < 1.29 is 18.0 Å². The minimum absolute atomic E-state index is 0.0236. The number of hydrogen-bond acceptors (Lipinski definition) is 3. The van der Waals surface area contributed by atoms with E-state index in [1.165, 1.54) is 22.8 Å². The Hall–Kier alpha value is -2.16. The first-order valence-electron chi connectivity index (χ1n) is 8.87. The maximum atomic E-state index is 13.2. The first-order chi connectivity index (χ1) is 12.7. The fraction of sp³-hybridized carbons (Fsp3) is 0.500. The van der Waals surface area contributed by atoms with Crippen molar-refractivity contribution in [3.63, 3.8) is 0 Å². The third kappa shape index (κ3) is 3.92. The molecule has 146 valence electrons. The molecule has 0 bridgehead atoms. The van der Waals surface area contributed by atoms with Crippen LogP contribution < -0.4 is 10.9 Å². The fourth-order valence-electron chi connectivity index (χ4n) is 3.63. The molecular weight excluding hydrogens is 379 g/mol. The minimum atomic E-state index is -4.34. The number of carbonyl (C=O) groups is 1. The Morgan fingerprint density at radius 3 is 2.70 bits per heavy atom.